The Morgan fingerprint density at radius 2 is 1.84 bits per heavy atom. The third-order valence-electron chi connectivity index (χ3n) is 5.48. The number of fused-ring (bicyclic) bond motifs is 1. The highest BCUT2D eigenvalue weighted by atomic mass is 16.5. The number of rotatable bonds is 7. The van der Waals surface area contributed by atoms with Gasteiger partial charge in [0.05, 0.1) is 19.7 Å². The molecule has 0 amide bonds. The van der Waals surface area contributed by atoms with Crippen LogP contribution in [0.15, 0.2) is 84.9 Å². The van der Waals surface area contributed by atoms with Gasteiger partial charge in [-0.25, -0.2) is 0 Å². The number of methoxy groups -OCH3 is 1. The van der Waals surface area contributed by atoms with Crippen molar-refractivity contribution in [2.75, 3.05) is 30.9 Å². The molecular weight excluding hydrogens is 384 g/mol. The Labute approximate surface area is 183 Å². The normalized spacial score (nSPS) is 15.0. The molecule has 1 atom stereocenters. The molecule has 1 aliphatic heterocycles. The summed E-state index contributed by atoms with van der Waals surface area (Å²) in [5.41, 5.74) is 4.88. The minimum absolute atomic E-state index is 0.0451. The number of nitrogens with one attached hydrogen (secondary N) is 1. The highest BCUT2D eigenvalue weighted by molar-refractivity contribution is 6.00. The lowest BCUT2D eigenvalue weighted by atomic mass is 10.00. The first kappa shape index (κ1) is 20.5. The van der Waals surface area contributed by atoms with Gasteiger partial charge in [0.15, 0.2) is 5.78 Å². The molecule has 0 bridgehead atoms. The summed E-state index contributed by atoms with van der Waals surface area (Å²) in [5, 5.41) is 3.13. The summed E-state index contributed by atoms with van der Waals surface area (Å²) >= 11 is 0. The predicted octanol–water partition coefficient (Wildman–Crippen LogP) is 5.54. The van der Waals surface area contributed by atoms with Gasteiger partial charge in [-0.3, -0.25) is 4.79 Å². The van der Waals surface area contributed by atoms with Gasteiger partial charge in [0.2, 0.25) is 0 Å². The van der Waals surface area contributed by atoms with E-state index in [1.54, 1.807) is 7.11 Å². The van der Waals surface area contributed by atoms with Crippen LogP contribution >= 0.6 is 0 Å². The molecule has 1 aliphatic rings. The molecule has 4 rings (SSSR count). The molecule has 4 nitrogen and oxygen atoms in total. The van der Waals surface area contributed by atoms with E-state index in [-0.39, 0.29) is 11.8 Å². The molecular formula is C27H26N2O2. The number of ketones is 1. The first-order valence-electron chi connectivity index (χ1n) is 10.4. The van der Waals surface area contributed by atoms with Crippen molar-refractivity contribution in [2.24, 2.45) is 0 Å². The van der Waals surface area contributed by atoms with Crippen molar-refractivity contribution >= 4 is 29.3 Å². The van der Waals surface area contributed by atoms with Crippen LogP contribution in [0, 0.1) is 0 Å². The zero-order valence-electron chi connectivity index (χ0n) is 17.8. The number of hydrogen-bond donors (Lipinski definition) is 1. The van der Waals surface area contributed by atoms with Gasteiger partial charge >= 0.3 is 0 Å². The summed E-state index contributed by atoms with van der Waals surface area (Å²) < 4.78 is 5.56. The molecule has 0 fully saturated rings. The first-order chi connectivity index (χ1) is 15.2. The van der Waals surface area contributed by atoms with Crippen LogP contribution in [0.4, 0.5) is 11.4 Å². The molecule has 0 aliphatic carbocycles. The van der Waals surface area contributed by atoms with E-state index in [4.69, 9.17) is 4.74 Å². The van der Waals surface area contributed by atoms with Crippen LogP contribution in [-0.4, -0.2) is 32.5 Å². The van der Waals surface area contributed by atoms with Crippen molar-refractivity contribution in [3.63, 3.8) is 0 Å². The van der Waals surface area contributed by atoms with E-state index < -0.39 is 0 Å². The topological polar surface area (TPSA) is 41.6 Å². The molecule has 0 spiro atoms. The first-order valence-corrected chi connectivity index (χ1v) is 10.4. The molecule has 3 aromatic rings. The number of anilines is 2. The lowest BCUT2D eigenvalue weighted by Gasteiger charge is -2.33. The summed E-state index contributed by atoms with van der Waals surface area (Å²) in [6.07, 6.45) is 8.42. The maximum atomic E-state index is 13.0. The number of hydrogen-bond acceptors (Lipinski definition) is 4. The monoisotopic (exact) mass is 410 g/mol. The molecule has 0 aromatic heterocycles. The Kier molecular flexibility index (Phi) is 6.18. The number of ether oxygens (including phenoxy) is 1. The Morgan fingerprint density at radius 1 is 1.06 bits per heavy atom. The van der Waals surface area contributed by atoms with Gasteiger partial charge in [-0.1, -0.05) is 72.8 Å². The van der Waals surface area contributed by atoms with Crippen LogP contribution in [0.2, 0.25) is 0 Å². The van der Waals surface area contributed by atoms with Crippen LogP contribution < -0.4 is 15.0 Å². The molecule has 0 radical (unpaired) electrons. The van der Waals surface area contributed by atoms with Gasteiger partial charge in [-0.05, 0) is 23.8 Å². The number of carbonyl (C=O) groups excluding carboxylic acids is 1. The van der Waals surface area contributed by atoms with Crippen molar-refractivity contribution in [1.82, 2.24) is 0 Å². The molecule has 3 aromatic carbocycles. The zero-order chi connectivity index (χ0) is 21.6. The lowest BCUT2D eigenvalue weighted by Crippen LogP contribution is -2.39. The van der Waals surface area contributed by atoms with Crippen molar-refractivity contribution in [1.29, 1.82) is 0 Å². The summed E-state index contributed by atoms with van der Waals surface area (Å²) in [7, 11) is 3.56. The number of benzene rings is 3. The van der Waals surface area contributed by atoms with E-state index in [1.165, 1.54) is 0 Å². The average Bonchev–Trinajstić information content (AvgIpc) is 2.83. The maximum Gasteiger partial charge on any atom is 0.182 e. The van der Waals surface area contributed by atoms with Gasteiger partial charge in [-0.15, -0.1) is 0 Å². The summed E-state index contributed by atoms with van der Waals surface area (Å²) in [4.78, 5) is 15.1. The van der Waals surface area contributed by atoms with Gasteiger partial charge in [-0.2, -0.15) is 0 Å². The highest BCUT2D eigenvalue weighted by Gasteiger charge is 2.23. The third kappa shape index (κ3) is 4.53. The Morgan fingerprint density at radius 3 is 2.61 bits per heavy atom. The Hall–Kier alpha value is -3.79. The molecule has 4 heteroatoms. The van der Waals surface area contributed by atoms with Gasteiger partial charge in [0.25, 0.3) is 0 Å². The van der Waals surface area contributed by atoms with E-state index in [1.807, 2.05) is 67.7 Å². The number of Topliss-reactive ketones (excluding diaryl/α,β-unsaturated/α-hetero) is 1. The molecule has 156 valence electrons. The Balaban J connectivity index is 1.64. The maximum absolute atomic E-state index is 13.0. The predicted molar refractivity (Wildman–Crippen MR) is 129 cm³/mol. The zero-order valence-corrected chi connectivity index (χ0v) is 17.8. The fourth-order valence-corrected chi connectivity index (χ4v) is 3.79. The van der Waals surface area contributed by atoms with E-state index in [0.29, 0.717) is 6.54 Å². The van der Waals surface area contributed by atoms with Crippen LogP contribution in [0.5, 0.6) is 5.75 Å². The number of nitrogens with zero attached hydrogens (tertiary/aromatic N) is 1. The smallest absolute Gasteiger partial charge is 0.182 e. The van der Waals surface area contributed by atoms with Crippen molar-refractivity contribution < 1.29 is 9.53 Å². The van der Waals surface area contributed by atoms with Crippen LogP contribution in [-0.2, 0) is 0 Å². The third-order valence-corrected chi connectivity index (χ3v) is 5.48. The van der Waals surface area contributed by atoms with Crippen LogP contribution in [0.1, 0.15) is 21.5 Å². The molecule has 1 N–H and O–H groups in total. The SMILES string of the molecule is CNc1ccc(/C=C/[C@@H]2C=Cc3ccccc3N2CC(=O)c2ccccc2)c(OC)c1. The minimum Gasteiger partial charge on any atom is -0.496 e. The minimum atomic E-state index is -0.0451. The van der Waals surface area contributed by atoms with E-state index >= 15 is 0 Å². The average molecular weight is 411 g/mol. The molecule has 1 heterocycles. The van der Waals surface area contributed by atoms with Crippen LogP contribution in [0.3, 0.4) is 0 Å². The Bertz CT molecular complexity index is 1120. The fourth-order valence-electron chi connectivity index (χ4n) is 3.79. The second-order valence-electron chi connectivity index (χ2n) is 7.39. The summed E-state index contributed by atoms with van der Waals surface area (Å²) in [5.74, 6) is 0.898. The molecule has 31 heavy (non-hydrogen) atoms. The van der Waals surface area contributed by atoms with Gasteiger partial charge < -0.3 is 15.0 Å². The van der Waals surface area contributed by atoms with Crippen molar-refractivity contribution in [3.8, 4) is 5.75 Å². The standard InChI is InChI=1S/C27H26N2O2/c1-28-23-15-12-22(27(18-23)31-2)14-17-24-16-13-20-8-6-7-11-25(20)29(24)19-26(30)21-9-4-3-5-10-21/h3-18,24,28H,19H2,1-2H3/b17-14+/t24-/m0/s1. The van der Waals surface area contributed by atoms with E-state index in [2.05, 4.69) is 46.7 Å². The van der Waals surface area contributed by atoms with Crippen molar-refractivity contribution in [3.05, 3.63) is 102 Å². The highest BCUT2D eigenvalue weighted by Crippen LogP contribution is 2.31. The molecule has 0 saturated carbocycles. The van der Waals surface area contributed by atoms with Gasteiger partial charge in [0.1, 0.15) is 5.75 Å². The lowest BCUT2D eigenvalue weighted by molar-refractivity contribution is 0.0998. The second kappa shape index (κ2) is 9.35. The second-order valence-corrected chi connectivity index (χ2v) is 7.39. The molecule has 0 saturated heterocycles. The number of para-hydroxylation sites is 1. The fraction of sp³-hybridized carbons (Fsp3) is 0.148. The van der Waals surface area contributed by atoms with Crippen LogP contribution in [0.25, 0.3) is 12.2 Å². The van der Waals surface area contributed by atoms with Gasteiger partial charge in [0, 0.05) is 35.6 Å². The summed E-state index contributed by atoms with van der Waals surface area (Å²) in [6, 6.07) is 23.6. The molecule has 0 unspecified atom stereocenters. The van der Waals surface area contributed by atoms with E-state index in [0.717, 1.165) is 33.8 Å². The summed E-state index contributed by atoms with van der Waals surface area (Å²) in [6.45, 7) is 0.302. The van der Waals surface area contributed by atoms with E-state index in [9.17, 15) is 4.79 Å². The quantitative estimate of drug-likeness (QED) is 0.520. The largest absolute Gasteiger partial charge is 0.496 e. The number of carbonyl (C=O) groups is 1. The van der Waals surface area contributed by atoms with Crippen molar-refractivity contribution in [2.45, 2.75) is 6.04 Å².